The number of para-hydroxylation sites is 1. The molecule has 0 aromatic heterocycles. The first-order valence-corrected chi connectivity index (χ1v) is 9.53. The summed E-state index contributed by atoms with van der Waals surface area (Å²) in [5.41, 5.74) is 2.24. The van der Waals surface area contributed by atoms with Gasteiger partial charge in [0, 0.05) is 31.4 Å². The van der Waals surface area contributed by atoms with E-state index < -0.39 is 5.97 Å². The smallest absolute Gasteiger partial charge is 0.317 e. The lowest BCUT2D eigenvalue weighted by atomic mass is 10.1. The van der Waals surface area contributed by atoms with Crippen LogP contribution in [0.1, 0.15) is 19.4 Å². The van der Waals surface area contributed by atoms with Gasteiger partial charge in [-0.25, -0.2) is 0 Å². The van der Waals surface area contributed by atoms with Gasteiger partial charge in [-0.1, -0.05) is 18.2 Å². The van der Waals surface area contributed by atoms with Crippen molar-refractivity contribution in [3.8, 4) is 0 Å². The minimum atomic E-state index is -0.851. The molecule has 1 N–H and O–H groups in total. The first kappa shape index (κ1) is 19.8. The molecule has 2 aliphatic rings. The molecule has 2 heterocycles. The van der Waals surface area contributed by atoms with Crippen molar-refractivity contribution in [1.82, 2.24) is 9.80 Å². The van der Waals surface area contributed by atoms with Crippen LogP contribution in [0.3, 0.4) is 0 Å². The highest BCUT2D eigenvalue weighted by molar-refractivity contribution is 5.99. The van der Waals surface area contributed by atoms with Crippen molar-refractivity contribution in [3.05, 3.63) is 29.8 Å². The molecule has 1 saturated heterocycles. The topological polar surface area (TPSA) is 73.3 Å². The number of rotatable bonds is 6. The van der Waals surface area contributed by atoms with Crippen molar-refractivity contribution in [1.29, 1.82) is 0 Å². The number of carboxylic acid groups (broad SMARTS) is 1. The van der Waals surface area contributed by atoms with Crippen LogP contribution in [0.2, 0.25) is 0 Å². The van der Waals surface area contributed by atoms with Crippen LogP contribution in [0.4, 0.5) is 5.69 Å². The van der Waals surface area contributed by atoms with E-state index in [-0.39, 0.29) is 30.6 Å². The number of fused-ring (bicyclic) bond motifs is 1. The molecule has 7 heteroatoms. The van der Waals surface area contributed by atoms with Gasteiger partial charge in [0.25, 0.3) is 0 Å². The number of carbonyl (C=O) groups excluding carboxylic acids is 1. The first-order valence-electron chi connectivity index (χ1n) is 9.53. The van der Waals surface area contributed by atoms with Crippen LogP contribution in [0.5, 0.6) is 0 Å². The van der Waals surface area contributed by atoms with Crippen LogP contribution < -0.4 is 4.90 Å². The van der Waals surface area contributed by atoms with E-state index in [0.29, 0.717) is 26.2 Å². The number of ether oxygens (including phenoxy) is 1. The molecule has 1 aromatic rings. The van der Waals surface area contributed by atoms with Gasteiger partial charge in [0.2, 0.25) is 5.91 Å². The predicted octanol–water partition coefficient (Wildman–Crippen LogP) is 1.07. The molecule has 1 fully saturated rings. The third kappa shape index (κ3) is 4.48. The molecule has 7 nitrogen and oxygen atoms in total. The Bertz CT molecular complexity index is 696. The van der Waals surface area contributed by atoms with Crippen molar-refractivity contribution in [2.45, 2.75) is 38.5 Å². The van der Waals surface area contributed by atoms with Gasteiger partial charge >= 0.3 is 5.97 Å². The van der Waals surface area contributed by atoms with E-state index in [2.05, 4.69) is 17.9 Å². The van der Waals surface area contributed by atoms with Crippen molar-refractivity contribution < 1.29 is 19.4 Å². The summed E-state index contributed by atoms with van der Waals surface area (Å²) >= 11 is 0. The molecule has 3 rings (SSSR count). The van der Waals surface area contributed by atoms with Gasteiger partial charge in [0.15, 0.2) is 0 Å². The van der Waals surface area contributed by atoms with Crippen LogP contribution in [0.15, 0.2) is 24.3 Å². The summed E-state index contributed by atoms with van der Waals surface area (Å²) in [6.45, 7) is 6.45. The monoisotopic (exact) mass is 375 g/mol. The first-order chi connectivity index (χ1) is 12.9. The molecule has 0 bridgehead atoms. The Morgan fingerprint density at radius 2 is 2.11 bits per heavy atom. The number of benzene rings is 1. The van der Waals surface area contributed by atoms with E-state index >= 15 is 0 Å². The maximum absolute atomic E-state index is 13.2. The minimum absolute atomic E-state index is 0.0174. The fourth-order valence-corrected chi connectivity index (χ4v) is 4.11. The van der Waals surface area contributed by atoms with Gasteiger partial charge in [-0.15, -0.1) is 0 Å². The van der Waals surface area contributed by atoms with Crippen molar-refractivity contribution in [3.63, 3.8) is 0 Å². The van der Waals surface area contributed by atoms with Gasteiger partial charge < -0.3 is 14.7 Å². The third-order valence-corrected chi connectivity index (χ3v) is 5.44. The molecule has 3 unspecified atom stereocenters. The number of likely N-dealkylation sites (N-methyl/N-ethyl adjacent to an activating group) is 1. The molecule has 3 atom stereocenters. The zero-order valence-corrected chi connectivity index (χ0v) is 16.3. The third-order valence-electron chi connectivity index (χ3n) is 5.44. The van der Waals surface area contributed by atoms with Crippen molar-refractivity contribution in [2.75, 3.05) is 44.7 Å². The highest BCUT2D eigenvalue weighted by Gasteiger charge is 2.36. The number of nitrogens with zero attached hydrogens (tertiary/aromatic N) is 3. The average Bonchev–Trinajstić information content (AvgIpc) is 2.95. The van der Waals surface area contributed by atoms with Crippen LogP contribution in [-0.2, 0) is 20.7 Å². The van der Waals surface area contributed by atoms with Gasteiger partial charge in [-0.2, -0.15) is 0 Å². The second-order valence-corrected chi connectivity index (χ2v) is 7.64. The molecular weight excluding hydrogens is 346 g/mol. The maximum Gasteiger partial charge on any atom is 0.317 e. The van der Waals surface area contributed by atoms with Crippen molar-refractivity contribution >= 4 is 17.6 Å². The molecule has 0 aliphatic carbocycles. The number of morpholine rings is 1. The lowest BCUT2D eigenvalue weighted by Crippen LogP contribution is -2.55. The highest BCUT2D eigenvalue weighted by Crippen LogP contribution is 2.32. The lowest BCUT2D eigenvalue weighted by Gasteiger charge is -2.39. The number of amides is 1. The summed E-state index contributed by atoms with van der Waals surface area (Å²) in [5, 5.41) is 8.91. The minimum Gasteiger partial charge on any atom is -0.480 e. The summed E-state index contributed by atoms with van der Waals surface area (Å²) < 4.78 is 5.79. The normalized spacial score (nSPS) is 24.1. The number of anilines is 1. The quantitative estimate of drug-likeness (QED) is 0.802. The van der Waals surface area contributed by atoms with Gasteiger partial charge in [0.05, 0.1) is 25.3 Å². The Morgan fingerprint density at radius 1 is 1.37 bits per heavy atom. The van der Waals surface area contributed by atoms with E-state index in [1.807, 2.05) is 30.0 Å². The molecule has 0 saturated carbocycles. The van der Waals surface area contributed by atoms with Crippen LogP contribution in [-0.4, -0.2) is 84.8 Å². The van der Waals surface area contributed by atoms with Crippen molar-refractivity contribution in [2.24, 2.45) is 0 Å². The second kappa shape index (κ2) is 8.37. The highest BCUT2D eigenvalue weighted by atomic mass is 16.5. The van der Waals surface area contributed by atoms with Crippen LogP contribution >= 0.6 is 0 Å². The Hall–Kier alpha value is -1.96. The second-order valence-electron chi connectivity index (χ2n) is 7.64. The number of carboxylic acids is 1. The molecule has 1 aromatic carbocycles. The number of hydrogen-bond donors (Lipinski definition) is 1. The summed E-state index contributed by atoms with van der Waals surface area (Å²) in [6, 6.07) is 8.03. The summed E-state index contributed by atoms with van der Waals surface area (Å²) in [5.74, 6) is -0.734. The standard InChI is InChI=1S/C20H29N3O4/c1-14-10-16-6-4-5-7-18(16)23(14)20(26)15(2)22-8-9-27-17(12-22)11-21(3)13-19(24)25/h4-7,14-15,17H,8-13H2,1-3H3,(H,24,25). The van der Waals surface area contributed by atoms with Crippen LogP contribution in [0, 0.1) is 0 Å². The molecule has 1 amide bonds. The fourth-order valence-electron chi connectivity index (χ4n) is 4.11. The molecule has 0 spiro atoms. The Balaban J connectivity index is 1.64. The van der Waals surface area contributed by atoms with Gasteiger partial charge in [-0.3, -0.25) is 19.4 Å². The predicted molar refractivity (Wildman–Crippen MR) is 103 cm³/mol. The number of aliphatic carboxylic acids is 1. The Labute approximate surface area is 160 Å². The number of hydrogen-bond acceptors (Lipinski definition) is 5. The summed E-state index contributed by atoms with van der Waals surface area (Å²) in [7, 11) is 1.77. The van der Waals surface area contributed by atoms with E-state index in [1.54, 1.807) is 11.9 Å². The molecule has 0 radical (unpaired) electrons. The van der Waals surface area contributed by atoms with Gasteiger partial charge in [-0.05, 0) is 38.9 Å². The molecule has 148 valence electrons. The molecule has 27 heavy (non-hydrogen) atoms. The molecule has 2 aliphatic heterocycles. The van der Waals surface area contributed by atoms with E-state index in [0.717, 1.165) is 12.1 Å². The summed E-state index contributed by atoms with van der Waals surface area (Å²) in [6.07, 6.45) is 0.794. The largest absolute Gasteiger partial charge is 0.480 e. The van der Waals surface area contributed by atoms with E-state index in [4.69, 9.17) is 9.84 Å². The van der Waals surface area contributed by atoms with Crippen LogP contribution in [0.25, 0.3) is 0 Å². The zero-order chi connectivity index (χ0) is 19.6. The Kier molecular flexibility index (Phi) is 6.14. The maximum atomic E-state index is 13.2. The lowest BCUT2D eigenvalue weighted by molar-refractivity contribution is -0.138. The SMILES string of the molecule is CC(C(=O)N1c2ccccc2CC1C)N1CCOC(CN(C)CC(=O)O)C1. The van der Waals surface area contributed by atoms with Gasteiger partial charge in [0.1, 0.15) is 0 Å². The summed E-state index contributed by atoms with van der Waals surface area (Å²) in [4.78, 5) is 29.9. The van der Waals surface area contributed by atoms with E-state index in [1.165, 1.54) is 5.56 Å². The zero-order valence-electron chi connectivity index (χ0n) is 16.3. The fraction of sp³-hybridized carbons (Fsp3) is 0.600. The average molecular weight is 375 g/mol. The number of carbonyl (C=O) groups is 2. The van der Waals surface area contributed by atoms with E-state index in [9.17, 15) is 9.59 Å². The molecular formula is C20H29N3O4. The Morgan fingerprint density at radius 3 is 2.85 bits per heavy atom.